The van der Waals surface area contributed by atoms with Gasteiger partial charge in [0.1, 0.15) is 6.04 Å². The molecule has 3 N–H and O–H groups in total. The average Bonchev–Trinajstić information content (AvgIpc) is 2.78. The third kappa shape index (κ3) is 3.87. The highest BCUT2D eigenvalue weighted by molar-refractivity contribution is 6.04. The molecular formula is C16H23N3O4. The van der Waals surface area contributed by atoms with E-state index in [2.05, 4.69) is 5.32 Å². The molecule has 1 heterocycles. The number of hydrogen-bond donors (Lipinski definition) is 3. The van der Waals surface area contributed by atoms with Crippen LogP contribution in [0.3, 0.4) is 0 Å². The van der Waals surface area contributed by atoms with E-state index < -0.39 is 18.3 Å². The molecule has 2 rings (SSSR count). The van der Waals surface area contributed by atoms with E-state index in [0.29, 0.717) is 12.8 Å². The molecule has 126 valence electrons. The zero-order valence-corrected chi connectivity index (χ0v) is 13.6. The van der Waals surface area contributed by atoms with Gasteiger partial charge in [0.05, 0.1) is 0 Å². The van der Waals surface area contributed by atoms with Crippen molar-refractivity contribution >= 4 is 11.9 Å². The van der Waals surface area contributed by atoms with Gasteiger partial charge in [-0.25, -0.2) is 9.69 Å². The Morgan fingerprint density at radius 2 is 2.04 bits per heavy atom. The zero-order chi connectivity index (χ0) is 17.0. The van der Waals surface area contributed by atoms with Gasteiger partial charge in [0.2, 0.25) is 0 Å². The summed E-state index contributed by atoms with van der Waals surface area (Å²) in [7, 11) is 0. The SMILES string of the molecule is Cc1ccccc1CC[C@@H]1NC(=O)N([C@@H](ONO)C(C)C)C1=O. The third-order valence-corrected chi connectivity index (χ3v) is 4.01. The number of nitrogens with zero attached hydrogens (tertiary/aromatic N) is 1. The first-order valence-corrected chi connectivity index (χ1v) is 7.68. The highest BCUT2D eigenvalue weighted by Gasteiger charge is 2.43. The summed E-state index contributed by atoms with van der Waals surface area (Å²) in [6, 6.07) is 6.88. The van der Waals surface area contributed by atoms with Crippen molar-refractivity contribution < 1.29 is 19.6 Å². The first-order valence-electron chi connectivity index (χ1n) is 7.68. The Balaban J connectivity index is 2.04. The maximum atomic E-state index is 12.5. The molecule has 3 amide bonds. The van der Waals surface area contributed by atoms with Crippen molar-refractivity contribution in [2.45, 2.75) is 45.9 Å². The van der Waals surface area contributed by atoms with Crippen LogP contribution >= 0.6 is 0 Å². The van der Waals surface area contributed by atoms with Crippen LogP contribution in [-0.4, -0.2) is 34.3 Å². The van der Waals surface area contributed by atoms with Gasteiger partial charge in [0, 0.05) is 5.92 Å². The molecule has 0 unspecified atom stereocenters. The zero-order valence-electron chi connectivity index (χ0n) is 13.6. The second kappa shape index (κ2) is 7.54. The fourth-order valence-corrected chi connectivity index (χ4v) is 2.72. The molecule has 1 aromatic rings. The lowest BCUT2D eigenvalue weighted by Crippen LogP contribution is -2.47. The normalized spacial score (nSPS) is 19.3. The Hall–Kier alpha value is -1.96. The number of nitrogens with one attached hydrogen (secondary N) is 2. The summed E-state index contributed by atoms with van der Waals surface area (Å²) in [5.74, 6) is -0.503. The molecule has 0 bridgehead atoms. The maximum Gasteiger partial charge on any atom is 0.327 e. The molecule has 7 nitrogen and oxygen atoms in total. The lowest BCUT2D eigenvalue weighted by atomic mass is 10.0. The summed E-state index contributed by atoms with van der Waals surface area (Å²) in [6.07, 6.45) is 0.349. The molecule has 1 aliphatic rings. The minimum atomic E-state index is -0.865. The monoisotopic (exact) mass is 321 g/mol. The second-order valence-electron chi connectivity index (χ2n) is 6.02. The predicted octanol–water partition coefficient (Wildman–Crippen LogP) is 1.74. The van der Waals surface area contributed by atoms with E-state index in [4.69, 9.17) is 10.0 Å². The Bertz CT molecular complexity index is 576. The quantitative estimate of drug-likeness (QED) is 0.526. The molecule has 1 saturated heterocycles. The van der Waals surface area contributed by atoms with E-state index in [1.54, 1.807) is 19.5 Å². The van der Waals surface area contributed by atoms with Crippen LogP contribution in [0.4, 0.5) is 4.79 Å². The number of rotatable bonds is 7. The molecule has 0 saturated carbocycles. The van der Waals surface area contributed by atoms with Crippen LogP contribution in [0.15, 0.2) is 24.3 Å². The highest BCUT2D eigenvalue weighted by atomic mass is 16.8. The number of benzene rings is 1. The van der Waals surface area contributed by atoms with E-state index >= 15 is 0 Å². The number of hydrogen-bond acceptors (Lipinski definition) is 5. The Morgan fingerprint density at radius 1 is 1.35 bits per heavy atom. The Labute approximate surface area is 135 Å². The minimum Gasteiger partial charge on any atom is -0.326 e. The van der Waals surface area contributed by atoms with Crippen molar-refractivity contribution in [2.75, 3.05) is 0 Å². The third-order valence-electron chi connectivity index (χ3n) is 4.01. The van der Waals surface area contributed by atoms with E-state index in [0.717, 1.165) is 16.0 Å². The predicted molar refractivity (Wildman–Crippen MR) is 83.3 cm³/mol. The fraction of sp³-hybridized carbons (Fsp3) is 0.500. The van der Waals surface area contributed by atoms with Crippen molar-refractivity contribution in [3.63, 3.8) is 0 Å². The molecule has 0 spiro atoms. The Morgan fingerprint density at radius 3 is 2.65 bits per heavy atom. The molecule has 1 aromatic carbocycles. The second-order valence-corrected chi connectivity index (χ2v) is 6.02. The lowest BCUT2D eigenvalue weighted by molar-refractivity contribution is -0.208. The number of carbonyl (C=O) groups is 2. The van der Waals surface area contributed by atoms with E-state index in [-0.39, 0.29) is 11.8 Å². The fourth-order valence-electron chi connectivity index (χ4n) is 2.72. The number of amides is 3. The van der Waals surface area contributed by atoms with E-state index in [1.807, 2.05) is 31.2 Å². The smallest absolute Gasteiger partial charge is 0.326 e. The van der Waals surface area contributed by atoms with Gasteiger partial charge in [-0.3, -0.25) is 14.8 Å². The molecule has 23 heavy (non-hydrogen) atoms. The van der Waals surface area contributed by atoms with Crippen LogP contribution in [0.1, 0.15) is 31.4 Å². The van der Waals surface area contributed by atoms with Crippen molar-refractivity contribution in [3.8, 4) is 0 Å². The van der Waals surface area contributed by atoms with Crippen LogP contribution in [0.2, 0.25) is 0 Å². The van der Waals surface area contributed by atoms with Gasteiger partial charge in [-0.05, 0) is 30.9 Å². The molecule has 0 radical (unpaired) electrons. The van der Waals surface area contributed by atoms with Crippen LogP contribution in [-0.2, 0) is 16.1 Å². The summed E-state index contributed by atoms with van der Waals surface area (Å²) in [5.41, 5.74) is 3.89. The van der Waals surface area contributed by atoms with Crippen molar-refractivity contribution in [2.24, 2.45) is 5.92 Å². The van der Waals surface area contributed by atoms with Gasteiger partial charge in [-0.15, -0.1) is 0 Å². The molecular weight excluding hydrogens is 298 g/mol. The van der Waals surface area contributed by atoms with Crippen molar-refractivity contribution in [1.29, 1.82) is 0 Å². The molecule has 7 heteroatoms. The first kappa shape index (κ1) is 17.4. The standard InChI is InChI=1S/C16H23N3O4/c1-10(2)15(23-18-22)19-14(20)13(17-16(19)21)9-8-12-7-5-4-6-11(12)3/h4-7,10,13,15,18,22H,8-9H2,1-3H3,(H,17,21)/t13-,15-/m0/s1. The van der Waals surface area contributed by atoms with E-state index in [1.165, 1.54) is 0 Å². The van der Waals surface area contributed by atoms with Gasteiger partial charge < -0.3 is 5.32 Å². The lowest BCUT2D eigenvalue weighted by Gasteiger charge is -2.26. The number of imide groups is 1. The largest absolute Gasteiger partial charge is 0.327 e. The van der Waals surface area contributed by atoms with Gasteiger partial charge in [0.25, 0.3) is 5.91 Å². The maximum absolute atomic E-state index is 12.5. The molecule has 0 aromatic heterocycles. The van der Waals surface area contributed by atoms with Crippen molar-refractivity contribution in [3.05, 3.63) is 35.4 Å². The number of urea groups is 1. The van der Waals surface area contributed by atoms with Crippen LogP contribution < -0.4 is 11.0 Å². The summed E-state index contributed by atoms with van der Waals surface area (Å²) < 4.78 is 0. The first-order chi connectivity index (χ1) is 11.0. The Kier molecular flexibility index (Phi) is 5.70. The van der Waals surface area contributed by atoms with Gasteiger partial charge in [-0.2, -0.15) is 0 Å². The number of carbonyl (C=O) groups excluding carboxylic acids is 2. The summed E-state index contributed by atoms with van der Waals surface area (Å²) in [5, 5.41) is 11.4. The van der Waals surface area contributed by atoms with Gasteiger partial charge in [-0.1, -0.05) is 43.8 Å². The molecule has 2 atom stereocenters. The van der Waals surface area contributed by atoms with Gasteiger partial charge in [0.15, 0.2) is 6.23 Å². The number of aryl methyl sites for hydroxylation is 2. The van der Waals surface area contributed by atoms with E-state index in [9.17, 15) is 9.59 Å². The topological polar surface area (TPSA) is 90.9 Å². The van der Waals surface area contributed by atoms with Crippen molar-refractivity contribution in [1.82, 2.24) is 15.9 Å². The molecule has 1 aliphatic heterocycles. The summed E-state index contributed by atoms with van der Waals surface area (Å²) >= 11 is 0. The van der Waals surface area contributed by atoms with Crippen LogP contribution in [0.5, 0.6) is 0 Å². The summed E-state index contributed by atoms with van der Waals surface area (Å²) in [4.78, 5) is 30.5. The average molecular weight is 321 g/mol. The van der Waals surface area contributed by atoms with Crippen LogP contribution in [0.25, 0.3) is 0 Å². The molecule has 1 fully saturated rings. The van der Waals surface area contributed by atoms with Crippen LogP contribution in [0, 0.1) is 12.8 Å². The minimum absolute atomic E-state index is 0.167. The highest BCUT2D eigenvalue weighted by Crippen LogP contribution is 2.20. The summed E-state index contributed by atoms with van der Waals surface area (Å²) in [6.45, 7) is 5.61. The van der Waals surface area contributed by atoms with Gasteiger partial charge >= 0.3 is 6.03 Å². The molecule has 0 aliphatic carbocycles.